The van der Waals surface area contributed by atoms with Gasteiger partial charge in [-0.25, -0.2) is 0 Å². The number of rotatable bonds is 18. The SMILES string of the molecule is CCCCCCCCC(CCCCCCCC)(C(=O)[O-])C(C(=O)[O-])S(=O)(=O)O.[Cl-]. The van der Waals surface area contributed by atoms with Crippen molar-refractivity contribution in [3.63, 3.8) is 0 Å². The number of hydrogen-bond donors (Lipinski definition) is 1. The summed E-state index contributed by atoms with van der Waals surface area (Å²) in [4.78, 5) is 23.5. The highest BCUT2D eigenvalue weighted by molar-refractivity contribution is 7.87. The van der Waals surface area contributed by atoms with E-state index in [-0.39, 0.29) is 25.2 Å². The van der Waals surface area contributed by atoms with Gasteiger partial charge in [-0.1, -0.05) is 90.9 Å². The molecule has 1 atom stereocenters. The van der Waals surface area contributed by atoms with Crippen LogP contribution < -0.4 is 22.6 Å². The highest BCUT2D eigenvalue weighted by atomic mass is 35.5. The molecule has 0 fully saturated rings. The maximum Gasteiger partial charge on any atom is 0.274 e. The molecule has 0 aromatic carbocycles. The lowest BCUT2D eigenvalue weighted by Gasteiger charge is -2.40. The van der Waals surface area contributed by atoms with Crippen LogP contribution >= 0.6 is 0 Å². The Labute approximate surface area is 181 Å². The molecular weight excluding hydrogens is 420 g/mol. The molecule has 0 spiro atoms. The van der Waals surface area contributed by atoms with Gasteiger partial charge in [0.2, 0.25) is 0 Å². The standard InChI is InChI=1S/C20H38O7S.ClH/c1-3-5-7-9-11-13-15-20(19(23)24,16-14-12-10-8-6-4-2)17(18(21)22)28(25,26)27;/h17H,3-16H2,1-2H3,(H,21,22)(H,23,24)(H,25,26,27);1H/p-3. The quantitative estimate of drug-likeness (QED) is 0.212. The molecule has 9 heteroatoms. The van der Waals surface area contributed by atoms with Gasteiger partial charge in [-0.15, -0.1) is 0 Å². The first-order valence-corrected chi connectivity index (χ1v) is 12.0. The second-order valence-corrected chi connectivity index (χ2v) is 9.19. The van der Waals surface area contributed by atoms with Gasteiger partial charge < -0.3 is 32.2 Å². The largest absolute Gasteiger partial charge is 1.00 e. The van der Waals surface area contributed by atoms with E-state index in [0.717, 1.165) is 51.4 Å². The lowest BCUT2D eigenvalue weighted by molar-refractivity contribution is -0.328. The zero-order valence-electron chi connectivity index (χ0n) is 17.7. The smallest absolute Gasteiger partial charge is 0.274 e. The minimum atomic E-state index is -5.15. The number of unbranched alkanes of at least 4 members (excludes halogenated alkanes) is 10. The fourth-order valence-corrected chi connectivity index (χ4v) is 4.92. The second-order valence-electron chi connectivity index (χ2n) is 7.69. The maximum absolute atomic E-state index is 12.0. The minimum Gasteiger partial charge on any atom is -1.00 e. The van der Waals surface area contributed by atoms with Crippen LogP contribution in [0.1, 0.15) is 104 Å². The van der Waals surface area contributed by atoms with Crippen LogP contribution in [0.3, 0.4) is 0 Å². The van der Waals surface area contributed by atoms with Crippen molar-refractivity contribution in [3.8, 4) is 0 Å². The average molecular weight is 456 g/mol. The van der Waals surface area contributed by atoms with Crippen molar-refractivity contribution in [2.24, 2.45) is 5.41 Å². The topological polar surface area (TPSA) is 135 Å². The first-order valence-electron chi connectivity index (χ1n) is 10.5. The van der Waals surface area contributed by atoms with Crippen molar-refractivity contribution in [2.45, 2.75) is 109 Å². The average Bonchev–Trinajstić information content (AvgIpc) is 2.58. The summed E-state index contributed by atoms with van der Waals surface area (Å²) < 4.78 is 32.9. The molecule has 0 amide bonds. The van der Waals surface area contributed by atoms with Crippen LogP contribution in [0.4, 0.5) is 0 Å². The van der Waals surface area contributed by atoms with Crippen molar-refractivity contribution in [1.29, 1.82) is 0 Å². The van der Waals surface area contributed by atoms with Crippen LogP contribution in [0.5, 0.6) is 0 Å². The molecule has 0 saturated heterocycles. The summed E-state index contributed by atoms with van der Waals surface area (Å²) in [6.45, 7) is 4.14. The zero-order chi connectivity index (χ0) is 21.6. The first kappa shape index (κ1) is 30.3. The molecule has 0 aliphatic carbocycles. The van der Waals surface area contributed by atoms with Gasteiger partial charge in [-0.2, -0.15) is 8.42 Å². The van der Waals surface area contributed by atoms with Crippen LogP contribution in [0.25, 0.3) is 0 Å². The predicted molar refractivity (Wildman–Crippen MR) is 104 cm³/mol. The molecule has 0 rings (SSSR count). The van der Waals surface area contributed by atoms with Crippen LogP contribution in [0.2, 0.25) is 0 Å². The molecule has 0 saturated carbocycles. The lowest BCUT2D eigenvalue weighted by atomic mass is 9.74. The third kappa shape index (κ3) is 11.2. The van der Waals surface area contributed by atoms with Crippen molar-refractivity contribution in [2.75, 3.05) is 0 Å². The second kappa shape index (κ2) is 15.9. The van der Waals surface area contributed by atoms with E-state index in [1.807, 2.05) is 0 Å². The van der Waals surface area contributed by atoms with Crippen LogP contribution in [0.15, 0.2) is 0 Å². The van der Waals surface area contributed by atoms with Crippen LogP contribution in [-0.2, 0) is 19.7 Å². The highest BCUT2D eigenvalue weighted by Gasteiger charge is 2.47. The molecule has 0 aromatic rings. The van der Waals surface area contributed by atoms with E-state index in [0.29, 0.717) is 25.7 Å². The lowest BCUT2D eigenvalue weighted by Crippen LogP contribution is -3.00. The Bertz CT molecular complexity index is 547. The van der Waals surface area contributed by atoms with Crippen molar-refractivity contribution < 1.29 is 45.2 Å². The molecule has 0 bridgehead atoms. The van der Waals surface area contributed by atoms with Crippen molar-refractivity contribution >= 4 is 22.1 Å². The maximum atomic E-state index is 12.0. The third-order valence-corrected chi connectivity index (χ3v) is 6.61. The Hall–Kier alpha value is -0.860. The summed E-state index contributed by atoms with van der Waals surface area (Å²) in [6.07, 6.45) is 9.57. The normalized spacial score (nSPS) is 12.9. The number of carboxylic acids is 2. The van der Waals surface area contributed by atoms with Gasteiger partial charge in [0, 0.05) is 11.4 Å². The van der Waals surface area contributed by atoms with Gasteiger partial charge in [0.05, 0.1) is 5.97 Å². The van der Waals surface area contributed by atoms with Gasteiger partial charge in [-0.05, 0) is 12.8 Å². The number of carbonyl (C=O) groups excluding carboxylic acids is 2. The zero-order valence-corrected chi connectivity index (χ0v) is 19.2. The first-order chi connectivity index (χ1) is 13.1. The number of carbonyl (C=O) groups is 2. The molecule has 0 heterocycles. The molecule has 29 heavy (non-hydrogen) atoms. The van der Waals surface area contributed by atoms with E-state index in [1.54, 1.807) is 0 Å². The Kier molecular flexibility index (Phi) is 16.6. The van der Waals surface area contributed by atoms with Gasteiger partial charge in [0.15, 0.2) is 0 Å². The molecular formula is C20H36ClO7S-3. The summed E-state index contributed by atoms with van der Waals surface area (Å²) >= 11 is 0. The van der Waals surface area contributed by atoms with Gasteiger partial charge in [0.25, 0.3) is 10.1 Å². The summed E-state index contributed by atoms with van der Waals surface area (Å²) in [5.74, 6) is -3.84. The van der Waals surface area contributed by atoms with E-state index < -0.39 is 32.7 Å². The Morgan fingerprint density at radius 2 is 1.14 bits per heavy atom. The number of hydrogen-bond acceptors (Lipinski definition) is 6. The summed E-state index contributed by atoms with van der Waals surface area (Å²) in [7, 11) is -5.15. The molecule has 1 unspecified atom stereocenters. The van der Waals surface area contributed by atoms with Crippen molar-refractivity contribution in [3.05, 3.63) is 0 Å². The Morgan fingerprint density at radius 3 is 1.41 bits per heavy atom. The monoisotopic (exact) mass is 455 g/mol. The molecule has 174 valence electrons. The summed E-state index contributed by atoms with van der Waals surface area (Å²) in [5, 5.41) is 21.0. The molecule has 0 aliphatic rings. The Morgan fingerprint density at radius 1 is 0.793 bits per heavy atom. The van der Waals surface area contributed by atoms with E-state index >= 15 is 0 Å². The van der Waals surface area contributed by atoms with E-state index in [1.165, 1.54) is 0 Å². The predicted octanol–water partition coefficient (Wildman–Crippen LogP) is -0.766. The fourth-order valence-electron chi connectivity index (χ4n) is 3.77. The van der Waals surface area contributed by atoms with Crippen molar-refractivity contribution in [1.82, 2.24) is 0 Å². The number of carboxylic acid groups (broad SMARTS) is 2. The number of halogens is 1. The third-order valence-electron chi connectivity index (χ3n) is 5.37. The van der Waals surface area contributed by atoms with Gasteiger partial charge in [-0.3, -0.25) is 4.55 Å². The molecule has 1 N–H and O–H groups in total. The summed E-state index contributed by atoms with van der Waals surface area (Å²) in [6, 6.07) is 0. The molecule has 7 nitrogen and oxygen atoms in total. The van der Waals surface area contributed by atoms with Gasteiger partial charge >= 0.3 is 0 Å². The van der Waals surface area contributed by atoms with E-state index in [2.05, 4.69) is 13.8 Å². The highest BCUT2D eigenvalue weighted by Crippen LogP contribution is 2.38. The minimum absolute atomic E-state index is 0. The van der Waals surface area contributed by atoms with E-state index in [9.17, 15) is 32.8 Å². The fraction of sp³-hybridized carbons (Fsp3) is 0.900. The Balaban J connectivity index is 0. The van der Waals surface area contributed by atoms with Crippen LogP contribution in [-0.4, -0.2) is 30.2 Å². The molecule has 0 aromatic heterocycles. The van der Waals surface area contributed by atoms with Gasteiger partial charge in [0.1, 0.15) is 5.25 Å². The number of aliphatic carboxylic acids is 2. The van der Waals surface area contributed by atoms with Crippen LogP contribution in [0, 0.1) is 5.41 Å². The summed E-state index contributed by atoms with van der Waals surface area (Å²) in [5.41, 5.74) is -2.18. The van der Waals surface area contributed by atoms with E-state index in [4.69, 9.17) is 0 Å². The molecule has 0 aliphatic heterocycles. The molecule has 0 radical (unpaired) electrons.